The molecule has 4 rings (SSSR count). The van der Waals surface area contributed by atoms with Crippen LogP contribution in [-0.4, -0.2) is 58.5 Å². The lowest BCUT2D eigenvalue weighted by Gasteiger charge is -2.35. The van der Waals surface area contributed by atoms with Crippen molar-refractivity contribution in [1.82, 2.24) is 19.9 Å². The lowest BCUT2D eigenvalue weighted by molar-refractivity contribution is -0.136. The average Bonchev–Trinajstić information content (AvgIpc) is 3.41. The van der Waals surface area contributed by atoms with Crippen molar-refractivity contribution in [2.24, 2.45) is 0 Å². The summed E-state index contributed by atoms with van der Waals surface area (Å²) in [6, 6.07) is 13.9. The van der Waals surface area contributed by atoms with Crippen LogP contribution in [0.15, 0.2) is 53.1 Å². The molecule has 1 fully saturated rings. The fourth-order valence-corrected chi connectivity index (χ4v) is 4.56. The normalized spacial score (nSPS) is 15.5. The van der Waals surface area contributed by atoms with Gasteiger partial charge in [0.1, 0.15) is 18.3 Å². The molecule has 0 radical (unpaired) electrons. The Kier molecular flexibility index (Phi) is 8.59. The second-order valence-corrected chi connectivity index (χ2v) is 9.31. The zero-order chi connectivity index (χ0) is 25.5. The van der Waals surface area contributed by atoms with Crippen LogP contribution in [-0.2, 0) is 4.79 Å². The maximum atomic E-state index is 13.5. The predicted octanol–water partition coefficient (Wildman–Crippen LogP) is 5.39. The van der Waals surface area contributed by atoms with Gasteiger partial charge in [0.05, 0.1) is 7.11 Å². The molecule has 1 aromatic heterocycles. The van der Waals surface area contributed by atoms with Crippen LogP contribution in [0.5, 0.6) is 5.75 Å². The van der Waals surface area contributed by atoms with Gasteiger partial charge in [-0.25, -0.2) is 0 Å². The van der Waals surface area contributed by atoms with Crippen LogP contribution in [0.1, 0.15) is 61.3 Å². The molecule has 0 saturated carbocycles. The number of rotatable bonds is 9. The summed E-state index contributed by atoms with van der Waals surface area (Å²) in [7, 11) is 1.58. The summed E-state index contributed by atoms with van der Waals surface area (Å²) in [5.41, 5.74) is 1.28. The molecule has 0 bridgehead atoms. The molecule has 0 spiro atoms. The number of hydrogen-bond acceptors (Lipinski definition) is 6. The minimum absolute atomic E-state index is 0.00332. The fourth-order valence-electron chi connectivity index (χ4n) is 4.37. The maximum absolute atomic E-state index is 13.5. The van der Waals surface area contributed by atoms with E-state index in [1.807, 2.05) is 12.1 Å². The van der Waals surface area contributed by atoms with Gasteiger partial charge in [0.2, 0.25) is 17.6 Å². The van der Waals surface area contributed by atoms with Crippen molar-refractivity contribution in [3.63, 3.8) is 0 Å². The Hall–Kier alpha value is -3.39. The van der Waals surface area contributed by atoms with E-state index in [1.54, 1.807) is 53.3 Å². The van der Waals surface area contributed by atoms with E-state index >= 15 is 0 Å². The van der Waals surface area contributed by atoms with Crippen molar-refractivity contribution in [3.8, 4) is 17.1 Å². The van der Waals surface area contributed by atoms with E-state index in [0.717, 1.165) is 37.7 Å². The van der Waals surface area contributed by atoms with E-state index in [2.05, 4.69) is 17.1 Å². The topological polar surface area (TPSA) is 88.8 Å². The molecule has 190 valence electrons. The van der Waals surface area contributed by atoms with Gasteiger partial charge in [-0.05, 0) is 62.1 Å². The number of amides is 2. The standard InChI is InChI=1S/C27H31ClN4O4/c1-3-4-15-31(27(34)19-11-13-22(35-2)14-12-19)18-24(33)32-16-6-5-10-23(32)26-29-25(30-36-26)20-8-7-9-21(28)17-20/h7-9,11-14,17,23H,3-6,10,15-16,18H2,1-2H3. The molecular formula is C27H31ClN4O4. The highest BCUT2D eigenvalue weighted by Crippen LogP contribution is 2.32. The monoisotopic (exact) mass is 510 g/mol. The van der Waals surface area contributed by atoms with E-state index in [4.69, 9.17) is 20.9 Å². The van der Waals surface area contributed by atoms with Gasteiger partial charge in [-0.3, -0.25) is 9.59 Å². The molecule has 0 aliphatic carbocycles. The fraction of sp³-hybridized carbons (Fsp3) is 0.407. The van der Waals surface area contributed by atoms with Crippen molar-refractivity contribution in [3.05, 3.63) is 65.0 Å². The van der Waals surface area contributed by atoms with Crippen molar-refractivity contribution in [1.29, 1.82) is 0 Å². The van der Waals surface area contributed by atoms with Gasteiger partial charge in [0.15, 0.2) is 0 Å². The Bertz CT molecular complexity index is 1180. The largest absolute Gasteiger partial charge is 0.497 e. The Morgan fingerprint density at radius 3 is 2.72 bits per heavy atom. The van der Waals surface area contributed by atoms with Crippen LogP contribution in [0.2, 0.25) is 5.02 Å². The summed E-state index contributed by atoms with van der Waals surface area (Å²) in [6.07, 6.45) is 4.29. The van der Waals surface area contributed by atoms with E-state index in [0.29, 0.717) is 41.1 Å². The SMILES string of the molecule is CCCCN(CC(=O)N1CCCCC1c1nc(-c2cccc(Cl)c2)no1)C(=O)c1ccc(OC)cc1. The first kappa shape index (κ1) is 25.7. The molecule has 1 aliphatic heterocycles. The molecule has 2 heterocycles. The number of aromatic nitrogens is 2. The second-order valence-electron chi connectivity index (χ2n) is 8.87. The van der Waals surface area contributed by atoms with Crippen LogP contribution in [0, 0.1) is 0 Å². The summed E-state index contributed by atoms with van der Waals surface area (Å²) in [5.74, 6) is 1.22. The van der Waals surface area contributed by atoms with Gasteiger partial charge in [0, 0.05) is 29.2 Å². The van der Waals surface area contributed by atoms with E-state index in [-0.39, 0.29) is 24.4 Å². The van der Waals surface area contributed by atoms with Crippen molar-refractivity contribution >= 4 is 23.4 Å². The number of hydrogen-bond donors (Lipinski definition) is 0. The van der Waals surface area contributed by atoms with Crippen LogP contribution in [0.4, 0.5) is 0 Å². The number of carbonyl (C=O) groups excluding carboxylic acids is 2. The number of methoxy groups -OCH3 is 1. The molecule has 1 unspecified atom stereocenters. The molecule has 36 heavy (non-hydrogen) atoms. The summed E-state index contributed by atoms with van der Waals surface area (Å²) in [4.78, 5) is 34.8. The first-order valence-corrected chi connectivity index (χ1v) is 12.7. The molecule has 2 amide bonds. The number of nitrogens with zero attached hydrogens (tertiary/aromatic N) is 4. The Labute approximate surface area is 216 Å². The summed E-state index contributed by atoms with van der Waals surface area (Å²) >= 11 is 6.11. The number of halogens is 1. The third-order valence-corrected chi connectivity index (χ3v) is 6.60. The minimum Gasteiger partial charge on any atom is -0.497 e. The number of carbonyl (C=O) groups is 2. The van der Waals surface area contributed by atoms with Crippen LogP contribution in [0.3, 0.4) is 0 Å². The van der Waals surface area contributed by atoms with Gasteiger partial charge in [-0.15, -0.1) is 0 Å². The minimum atomic E-state index is -0.323. The van der Waals surface area contributed by atoms with Crippen molar-refractivity contribution in [2.45, 2.75) is 45.1 Å². The van der Waals surface area contributed by atoms with Gasteiger partial charge in [-0.1, -0.05) is 42.2 Å². The quantitative estimate of drug-likeness (QED) is 0.383. The van der Waals surface area contributed by atoms with E-state index < -0.39 is 0 Å². The molecule has 0 N–H and O–H groups in total. The van der Waals surface area contributed by atoms with Gasteiger partial charge in [-0.2, -0.15) is 4.98 Å². The molecule has 1 atom stereocenters. The number of likely N-dealkylation sites (tertiary alicyclic amines) is 1. The zero-order valence-electron chi connectivity index (χ0n) is 20.7. The highest BCUT2D eigenvalue weighted by Gasteiger charge is 2.33. The lowest BCUT2D eigenvalue weighted by Crippen LogP contribution is -2.46. The maximum Gasteiger partial charge on any atom is 0.254 e. The molecule has 9 heteroatoms. The molecular weight excluding hydrogens is 480 g/mol. The van der Waals surface area contributed by atoms with Crippen LogP contribution >= 0.6 is 11.6 Å². The lowest BCUT2D eigenvalue weighted by atomic mass is 10.0. The first-order valence-electron chi connectivity index (χ1n) is 12.3. The van der Waals surface area contributed by atoms with Crippen LogP contribution < -0.4 is 4.74 Å². The predicted molar refractivity (Wildman–Crippen MR) is 137 cm³/mol. The average molecular weight is 511 g/mol. The van der Waals surface area contributed by atoms with Gasteiger partial charge >= 0.3 is 0 Å². The summed E-state index contributed by atoms with van der Waals surface area (Å²) in [6.45, 7) is 3.14. The third kappa shape index (κ3) is 6.05. The molecule has 8 nitrogen and oxygen atoms in total. The van der Waals surface area contributed by atoms with Gasteiger partial charge in [0.25, 0.3) is 5.91 Å². The molecule has 3 aromatic rings. The third-order valence-electron chi connectivity index (χ3n) is 6.36. The summed E-state index contributed by atoms with van der Waals surface area (Å²) in [5, 5.41) is 4.71. The Morgan fingerprint density at radius 1 is 1.19 bits per heavy atom. The highest BCUT2D eigenvalue weighted by molar-refractivity contribution is 6.30. The van der Waals surface area contributed by atoms with E-state index in [9.17, 15) is 9.59 Å². The van der Waals surface area contributed by atoms with E-state index in [1.165, 1.54) is 0 Å². The zero-order valence-corrected chi connectivity index (χ0v) is 21.4. The number of ether oxygens (including phenoxy) is 1. The molecule has 2 aromatic carbocycles. The van der Waals surface area contributed by atoms with Crippen LogP contribution in [0.25, 0.3) is 11.4 Å². The number of unbranched alkanes of at least 4 members (excludes halogenated alkanes) is 1. The second kappa shape index (κ2) is 12.0. The molecule has 1 saturated heterocycles. The number of benzene rings is 2. The smallest absolute Gasteiger partial charge is 0.254 e. The molecule has 1 aliphatic rings. The van der Waals surface area contributed by atoms with Crippen molar-refractivity contribution in [2.75, 3.05) is 26.7 Å². The number of piperidine rings is 1. The highest BCUT2D eigenvalue weighted by atomic mass is 35.5. The van der Waals surface area contributed by atoms with Crippen molar-refractivity contribution < 1.29 is 18.8 Å². The van der Waals surface area contributed by atoms with Gasteiger partial charge < -0.3 is 19.1 Å². The Balaban J connectivity index is 1.51. The first-order chi connectivity index (χ1) is 17.5. The Morgan fingerprint density at radius 2 is 2.00 bits per heavy atom. The summed E-state index contributed by atoms with van der Waals surface area (Å²) < 4.78 is 10.8.